The Kier molecular flexibility index (Phi) is 4.68. The summed E-state index contributed by atoms with van der Waals surface area (Å²) in [6.07, 6.45) is 0. The van der Waals surface area contributed by atoms with Crippen molar-refractivity contribution in [3.8, 4) is 0 Å². The summed E-state index contributed by atoms with van der Waals surface area (Å²) >= 11 is -1.31. The minimum absolute atomic E-state index is 0.359. The molecule has 2 N–H and O–H groups in total. The molecular formula is C7H10F3IN2O2. The molecule has 0 radical (unpaired) electrons. The molecule has 0 aliphatic heterocycles. The highest BCUT2D eigenvalue weighted by Gasteiger charge is 2.35. The number of carbonyl (C=O) groups excluding carboxylic acids is 2. The van der Waals surface area contributed by atoms with Gasteiger partial charge in [0.05, 0.1) is 0 Å². The van der Waals surface area contributed by atoms with Crippen molar-refractivity contribution in [3.05, 3.63) is 0 Å². The maximum atomic E-state index is 13.2. The van der Waals surface area contributed by atoms with Gasteiger partial charge in [-0.2, -0.15) is 8.78 Å². The average Bonchev–Trinajstić information content (AvgIpc) is 2.11. The molecule has 0 saturated heterocycles. The van der Waals surface area contributed by atoms with Gasteiger partial charge < -0.3 is 0 Å². The Hall–Kier alpha value is -0.670. The van der Waals surface area contributed by atoms with Gasteiger partial charge >= 0.3 is 11.8 Å². The molecule has 4 nitrogen and oxygen atoms in total. The summed E-state index contributed by atoms with van der Waals surface area (Å²) in [5.74, 6) is -6.50. The number of amides is 2. The van der Waals surface area contributed by atoms with Crippen LogP contribution in [-0.4, -0.2) is 25.9 Å². The zero-order chi connectivity index (χ0) is 12.3. The van der Waals surface area contributed by atoms with Gasteiger partial charge in [-0.3, -0.25) is 20.4 Å². The fourth-order valence-corrected chi connectivity index (χ4v) is 0.875. The third kappa shape index (κ3) is 4.58. The van der Waals surface area contributed by atoms with Crippen molar-refractivity contribution in [1.29, 1.82) is 0 Å². The molecular weight excluding hydrogens is 328 g/mol. The molecule has 1 unspecified atom stereocenters. The smallest absolute Gasteiger partial charge is 0.269 e. The monoisotopic (exact) mass is 338 g/mol. The van der Waals surface area contributed by atoms with Crippen LogP contribution in [0.4, 0.5) is 13.2 Å². The van der Waals surface area contributed by atoms with E-state index < -0.39 is 42.1 Å². The van der Waals surface area contributed by atoms with E-state index in [-0.39, 0.29) is 0 Å². The molecule has 0 saturated carbocycles. The van der Waals surface area contributed by atoms with E-state index in [1.54, 1.807) is 5.43 Å². The number of hydrogen-bond donors (Lipinski definition) is 2. The maximum absolute atomic E-state index is 13.2. The minimum Gasteiger partial charge on any atom is -0.269 e. The van der Waals surface area contributed by atoms with Gasteiger partial charge in [0.25, 0.3) is 5.91 Å². The van der Waals surface area contributed by atoms with E-state index in [2.05, 4.69) is 4.51 Å². The third-order valence-corrected chi connectivity index (χ3v) is 3.26. The molecule has 2 amide bonds. The van der Waals surface area contributed by atoms with E-state index in [1.165, 1.54) is 5.43 Å². The summed E-state index contributed by atoms with van der Waals surface area (Å²) in [6, 6.07) is 0. The molecule has 0 spiro atoms. The molecule has 0 heterocycles. The van der Waals surface area contributed by atoms with Gasteiger partial charge in [-0.1, -0.05) is 25.2 Å². The van der Waals surface area contributed by atoms with Gasteiger partial charge in [-0.15, -0.1) is 0 Å². The Morgan fingerprint density at radius 2 is 1.53 bits per heavy atom. The van der Waals surface area contributed by atoms with E-state index in [1.807, 2.05) is 0 Å². The topological polar surface area (TPSA) is 58.2 Å². The lowest BCUT2D eigenvalue weighted by Gasteiger charge is -2.16. The van der Waals surface area contributed by atoms with Crippen molar-refractivity contribution in [2.45, 2.75) is 23.4 Å². The van der Waals surface area contributed by atoms with Gasteiger partial charge in [0.1, 0.15) is 0 Å². The van der Waals surface area contributed by atoms with E-state index in [0.29, 0.717) is 6.92 Å². The lowest BCUT2D eigenvalue weighted by atomic mass is 10.4. The number of carbonyl (C=O) groups is 2. The van der Waals surface area contributed by atoms with Crippen LogP contribution in [0.15, 0.2) is 0 Å². The molecule has 0 aromatic heterocycles. The summed E-state index contributed by atoms with van der Waals surface area (Å²) in [5.41, 5.74) is 3.00. The first-order valence-corrected chi connectivity index (χ1v) is 6.29. The molecule has 0 rings (SSSR count). The normalized spacial score (nSPS) is 15.3. The van der Waals surface area contributed by atoms with Crippen LogP contribution in [-0.2, 0) is 9.59 Å². The number of nitrogens with one attached hydrogen (secondary N) is 2. The first-order valence-electron chi connectivity index (χ1n) is 3.68. The van der Waals surface area contributed by atoms with Gasteiger partial charge in [0.2, 0.25) is 3.68 Å². The van der Waals surface area contributed by atoms with Crippen LogP contribution in [0.1, 0.15) is 13.8 Å². The molecule has 8 heteroatoms. The van der Waals surface area contributed by atoms with Crippen LogP contribution in [0.5, 0.6) is 0 Å². The average molecular weight is 338 g/mol. The van der Waals surface area contributed by atoms with Crippen LogP contribution in [0.25, 0.3) is 0 Å². The van der Waals surface area contributed by atoms with Crippen molar-refractivity contribution >= 4 is 37.1 Å². The summed E-state index contributed by atoms with van der Waals surface area (Å²) in [4.78, 5) is 21.5. The van der Waals surface area contributed by atoms with E-state index in [9.17, 15) is 22.8 Å². The van der Waals surface area contributed by atoms with Crippen molar-refractivity contribution in [2.24, 2.45) is 0 Å². The Morgan fingerprint density at radius 1 is 1.13 bits per heavy atom. The van der Waals surface area contributed by atoms with Gasteiger partial charge in [-0.25, -0.2) is 4.39 Å². The minimum atomic E-state index is -3.63. The molecule has 0 aliphatic carbocycles. The molecule has 88 valence electrons. The molecule has 15 heavy (non-hydrogen) atoms. The second kappa shape index (κ2) is 4.90. The molecule has 0 fully saturated rings. The van der Waals surface area contributed by atoms with Crippen molar-refractivity contribution < 1.29 is 22.8 Å². The maximum Gasteiger partial charge on any atom is 0.323 e. The predicted molar refractivity (Wildman–Crippen MR) is 57.6 cm³/mol. The third-order valence-electron chi connectivity index (χ3n) is 1.34. The second-order valence-corrected chi connectivity index (χ2v) is 5.61. The zero-order valence-electron chi connectivity index (χ0n) is 8.04. The number of rotatable bonds is 3. The SMILES string of the molecule is C=IC(C)(F)C(=O)NNC(=O)C(C)(F)F. The van der Waals surface area contributed by atoms with Crippen molar-refractivity contribution in [3.63, 3.8) is 0 Å². The van der Waals surface area contributed by atoms with Crippen LogP contribution < -0.4 is 10.9 Å². The van der Waals surface area contributed by atoms with Crippen LogP contribution >= 0.6 is 20.7 Å². The Labute approximate surface area is 94.3 Å². The standard InChI is InChI=1S/C7H10F3IN2O2/c1-6(8,9)4(14)12-13-5(15)7(2,10)11-3/h3H2,1-2H3,(H,12,14)(H,13,15). The first-order chi connectivity index (χ1) is 6.61. The predicted octanol–water partition coefficient (Wildman–Crippen LogP) is 0.877. The molecule has 0 aromatic carbocycles. The summed E-state index contributed by atoms with van der Waals surface area (Å²) in [6.45, 7) is 1.33. The lowest BCUT2D eigenvalue weighted by Crippen LogP contribution is -2.52. The van der Waals surface area contributed by atoms with Crippen LogP contribution in [0.3, 0.4) is 0 Å². The number of hydrazine groups is 1. The zero-order valence-corrected chi connectivity index (χ0v) is 10.2. The first kappa shape index (κ1) is 14.3. The van der Waals surface area contributed by atoms with E-state index >= 15 is 0 Å². The van der Waals surface area contributed by atoms with Crippen molar-refractivity contribution in [1.82, 2.24) is 10.9 Å². The molecule has 0 aliphatic rings. The fraction of sp³-hybridized carbons (Fsp3) is 0.571. The van der Waals surface area contributed by atoms with E-state index in [4.69, 9.17) is 0 Å². The van der Waals surface area contributed by atoms with E-state index in [0.717, 1.165) is 6.92 Å². The van der Waals surface area contributed by atoms with Gasteiger partial charge in [-0.05, 0) is 6.92 Å². The molecule has 0 bridgehead atoms. The number of halogens is 4. The quantitative estimate of drug-likeness (QED) is 0.456. The van der Waals surface area contributed by atoms with Gasteiger partial charge in [0, 0.05) is 6.92 Å². The molecule has 1 atom stereocenters. The highest BCUT2D eigenvalue weighted by Crippen LogP contribution is 2.23. The summed E-state index contributed by atoms with van der Waals surface area (Å²) in [7, 11) is 0. The highest BCUT2D eigenvalue weighted by atomic mass is 127. The molecule has 0 aromatic rings. The number of alkyl halides is 4. The Morgan fingerprint density at radius 3 is 1.87 bits per heavy atom. The Balaban J connectivity index is 4.26. The summed E-state index contributed by atoms with van der Waals surface area (Å²) in [5, 5.41) is 0. The number of hydrogen-bond acceptors (Lipinski definition) is 2. The van der Waals surface area contributed by atoms with Gasteiger partial charge in [0.15, 0.2) is 0 Å². The highest BCUT2D eigenvalue weighted by molar-refractivity contribution is 14.2. The fourth-order valence-electron chi connectivity index (χ4n) is 0.394. The largest absolute Gasteiger partial charge is 0.323 e. The van der Waals surface area contributed by atoms with Crippen LogP contribution in [0.2, 0.25) is 0 Å². The Bertz CT molecular complexity index is 288. The van der Waals surface area contributed by atoms with Crippen molar-refractivity contribution in [2.75, 3.05) is 0 Å². The second-order valence-electron chi connectivity index (χ2n) is 2.82. The van der Waals surface area contributed by atoms with Crippen LogP contribution in [0, 0.1) is 0 Å². The lowest BCUT2D eigenvalue weighted by molar-refractivity contribution is -0.146. The summed E-state index contributed by atoms with van der Waals surface area (Å²) < 4.78 is 38.8.